The van der Waals surface area contributed by atoms with E-state index in [0.717, 1.165) is 16.6 Å². The number of hydrogen-bond donors (Lipinski definition) is 0. The molecule has 0 fully saturated rings. The summed E-state index contributed by atoms with van der Waals surface area (Å²) in [6.45, 7) is 0. The summed E-state index contributed by atoms with van der Waals surface area (Å²) in [6.07, 6.45) is 5.29. The van der Waals surface area contributed by atoms with Crippen molar-refractivity contribution < 1.29 is 24.5 Å². The van der Waals surface area contributed by atoms with Gasteiger partial charge < -0.3 is 14.2 Å². The first-order chi connectivity index (χ1) is 14.3. The van der Waals surface area contributed by atoms with Crippen molar-refractivity contribution in [3.05, 3.63) is 132 Å². The minimum Gasteiger partial charge on any atom is -0.515 e. The third-order valence-corrected chi connectivity index (χ3v) is 3.66. The van der Waals surface area contributed by atoms with Crippen molar-refractivity contribution in [3.63, 3.8) is 0 Å². The van der Waals surface area contributed by atoms with Gasteiger partial charge in [-0.1, -0.05) is 36.4 Å². The van der Waals surface area contributed by atoms with Gasteiger partial charge >= 0.3 is 0 Å². The molecule has 0 N–H and O–H groups in total. The number of benzene rings is 2. The Morgan fingerprint density at radius 3 is 2.10 bits per heavy atom. The fraction of sp³-hybridized carbons (Fsp3) is 0. The summed E-state index contributed by atoms with van der Waals surface area (Å²) in [4.78, 5) is 18.7. The molecule has 0 saturated carbocycles. The SMILES string of the molecule is O=c1c[c-]c2ccccc2o1.[Ir].[c-]1ccccc1-c1ccccn1.c1ccncc1. The van der Waals surface area contributed by atoms with E-state index in [4.69, 9.17) is 4.42 Å². The van der Waals surface area contributed by atoms with Gasteiger partial charge in [0.25, 0.3) is 0 Å². The van der Waals surface area contributed by atoms with E-state index in [0.29, 0.717) is 5.58 Å². The van der Waals surface area contributed by atoms with E-state index >= 15 is 0 Å². The molecular weight excluding hydrogens is 553 g/mol. The van der Waals surface area contributed by atoms with Gasteiger partial charge in [-0.05, 0) is 23.9 Å². The van der Waals surface area contributed by atoms with E-state index in [1.807, 2.05) is 78.9 Å². The minimum absolute atomic E-state index is 0. The predicted molar refractivity (Wildman–Crippen MR) is 114 cm³/mol. The zero-order chi connectivity index (χ0) is 20.2. The Morgan fingerprint density at radius 1 is 0.733 bits per heavy atom. The van der Waals surface area contributed by atoms with Gasteiger partial charge in [0.2, 0.25) is 5.63 Å². The third-order valence-electron chi connectivity index (χ3n) is 3.66. The van der Waals surface area contributed by atoms with Crippen LogP contribution in [0.4, 0.5) is 0 Å². The molecule has 5 heteroatoms. The van der Waals surface area contributed by atoms with Gasteiger partial charge in [-0.15, -0.1) is 59.5 Å². The molecule has 3 aromatic heterocycles. The molecule has 5 aromatic rings. The number of pyridine rings is 2. The summed E-state index contributed by atoms with van der Waals surface area (Å²) in [5, 5.41) is 0.826. The van der Waals surface area contributed by atoms with Crippen LogP contribution < -0.4 is 5.63 Å². The molecule has 0 aliphatic heterocycles. The maximum Gasteiger partial charge on any atom is 0.248 e. The van der Waals surface area contributed by atoms with Crippen LogP contribution in [0.15, 0.2) is 119 Å². The molecule has 3 heterocycles. The first-order valence-electron chi connectivity index (χ1n) is 8.96. The van der Waals surface area contributed by atoms with Crippen LogP contribution in [-0.4, -0.2) is 9.97 Å². The molecule has 5 rings (SSSR count). The van der Waals surface area contributed by atoms with Gasteiger partial charge in [0.1, 0.15) is 0 Å². The normalized spacial score (nSPS) is 9.20. The summed E-state index contributed by atoms with van der Waals surface area (Å²) in [5.41, 5.74) is 2.24. The van der Waals surface area contributed by atoms with Crippen LogP contribution in [-0.2, 0) is 20.1 Å². The summed E-state index contributed by atoms with van der Waals surface area (Å²) in [5.74, 6) is 0. The Morgan fingerprint density at radius 2 is 1.47 bits per heavy atom. The van der Waals surface area contributed by atoms with Crippen LogP contribution in [0, 0.1) is 12.1 Å². The second kappa shape index (κ2) is 12.9. The van der Waals surface area contributed by atoms with E-state index in [1.165, 1.54) is 6.07 Å². The van der Waals surface area contributed by atoms with Crippen molar-refractivity contribution in [2.45, 2.75) is 0 Å². The summed E-state index contributed by atoms with van der Waals surface area (Å²) in [6, 6.07) is 33.9. The van der Waals surface area contributed by atoms with Crippen molar-refractivity contribution in [1.82, 2.24) is 9.97 Å². The number of hydrogen-bond acceptors (Lipinski definition) is 4. The first kappa shape index (κ1) is 22.9. The molecule has 151 valence electrons. The van der Waals surface area contributed by atoms with E-state index in [9.17, 15) is 4.79 Å². The average molecular weight is 571 g/mol. The quantitative estimate of drug-likeness (QED) is 0.205. The molecule has 0 saturated heterocycles. The van der Waals surface area contributed by atoms with Crippen LogP contribution in [0.2, 0.25) is 0 Å². The maximum absolute atomic E-state index is 10.7. The number of para-hydroxylation sites is 1. The Kier molecular flexibility index (Phi) is 9.87. The molecule has 0 bridgehead atoms. The van der Waals surface area contributed by atoms with E-state index in [-0.39, 0.29) is 25.7 Å². The molecule has 0 unspecified atom stereocenters. The Hall–Kier alpha value is -3.40. The second-order valence-corrected chi connectivity index (χ2v) is 5.72. The van der Waals surface area contributed by atoms with Gasteiger partial charge in [-0.2, -0.15) is 0 Å². The molecular formula is C25H18IrN2O2-2. The summed E-state index contributed by atoms with van der Waals surface area (Å²) < 4.78 is 4.87. The first-order valence-corrected chi connectivity index (χ1v) is 8.96. The molecule has 0 aliphatic rings. The molecule has 0 atom stereocenters. The average Bonchev–Trinajstić information content (AvgIpc) is 2.82. The zero-order valence-corrected chi connectivity index (χ0v) is 18.3. The van der Waals surface area contributed by atoms with Gasteiger partial charge in [0.15, 0.2) is 0 Å². The second-order valence-electron chi connectivity index (χ2n) is 5.72. The monoisotopic (exact) mass is 571 g/mol. The van der Waals surface area contributed by atoms with E-state index < -0.39 is 0 Å². The fourth-order valence-electron chi connectivity index (χ4n) is 2.34. The van der Waals surface area contributed by atoms with Gasteiger partial charge in [0, 0.05) is 44.3 Å². The van der Waals surface area contributed by atoms with Crippen LogP contribution in [0.25, 0.3) is 22.2 Å². The number of fused-ring (bicyclic) bond motifs is 1. The van der Waals surface area contributed by atoms with Crippen molar-refractivity contribution >= 4 is 11.0 Å². The fourth-order valence-corrected chi connectivity index (χ4v) is 2.34. The molecule has 2 aromatic carbocycles. The standard InChI is InChI=1S/C11H8N.C9H5O2.C5H5N.Ir/c1-2-6-10(7-3-1)11-8-4-5-9-12-11;10-9-6-5-7-3-1-2-4-8(7)11-9;1-2-4-6-5-3-1;/h1-6,8-9H;1-4,6H;1-5H;/q2*-1;;. The number of rotatable bonds is 1. The number of aromatic nitrogens is 2. The van der Waals surface area contributed by atoms with Crippen LogP contribution in [0.5, 0.6) is 0 Å². The number of nitrogens with zero attached hydrogens (tertiary/aromatic N) is 2. The molecule has 1 radical (unpaired) electrons. The topological polar surface area (TPSA) is 56.0 Å². The largest absolute Gasteiger partial charge is 0.515 e. The van der Waals surface area contributed by atoms with Crippen molar-refractivity contribution in [2.75, 3.05) is 0 Å². The smallest absolute Gasteiger partial charge is 0.248 e. The predicted octanol–water partition coefficient (Wildman–Crippen LogP) is 5.22. The van der Waals surface area contributed by atoms with Gasteiger partial charge in [-0.25, -0.2) is 0 Å². The Bertz CT molecular complexity index is 1100. The molecule has 0 spiro atoms. The van der Waals surface area contributed by atoms with Crippen molar-refractivity contribution in [2.24, 2.45) is 0 Å². The Labute approximate surface area is 188 Å². The third kappa shape index (κ3) is 7.55. The van der Waals surface area contributed by atoms with Crippen LogP contribution in [0.1, 0.15) is 0 Å². The van der Waals surface area contributed by atoms with E-state index in [1.54, 1.807) is 24.7 Å². The summed E-state index contributed by atoms with van der Waals surface area (Å²) >= 11 is 0. The molecule has 4 nitrogen and oxygen atoms in total. The van der Waals surface area contributed by atoms with Crippen LogP contribution >= 0.6 is 0 Å². The van der Waals surface area contributed by atoms with Crippen molar-refractivity contribution in [1.29, 1.82) is 0 Å². The van der Waals surface area contributed by atoms with Gasteiger partial charge in [0.05, 0.1) is 0 Å². The molecule has 0 aliphatic carbocycles. The maximum atomic E-state index is 10.7. The Balaban J connectivity index is 0.000000166. The molecule has 30 heavy (non-hydrogen) atoms. The van der Waals surface area contributed by atoms with Crippen LogP contribution in [0.3, 0.4) is 0 Å². The minimum atomic E-state index is -0.358. The summed E-state index contributed by atoms with van der Waals surface area (Å²) in [7, 11) is 0. The van der Waals surface area contributed by atoms with Gasteiger partial charge in [-0.3, -0.25) is 4.98 Å². The zero-order valence-electron chi connectivity index (χ0n) is 15.9. The van der Waals surface area contributed by atoms with Crippen molar-refractivity contribution in [3.8, 4) is 11.3 Å². The molecule has 0 amide bonds. The van der Waals surface area contributed by atoms with E-state index in [2.05, 4.69) is 22.1 Å².